The van der Waals surface area contributed by atoms with Gasteiger partial charge in [0.05, 0.1) is 5.71 Å². The van der Waals surface area contributed by atoms with E-state index in [-0.39, 0.29) is 12.4 Å². The Labute approximate surface area is 183 Å². The summed E-state index contributed by atoms with van der Waals surface area (Å²) < 4.78 is 5.69. The molecule has 0 aromatic heterocycles. The molecule has 0 saturated carbocycles. The number of nitrogens with zero attached hydrogens (tertiary/aromatic N) is 2. The van der Waals surface area contributed by atoms with Crippen molar-refractivity contribution in [3.05, 3.63) is 89.0 Å². The molecule has 0 amide bonds. The highest BCUT2D eigenvalue weighted by molar-refractivity contribution is 6.17. The molecule has 0 aliphatic carbocycles. The Balaban J connectivity index is 1.70. The van der Waals surface area contributed by atoms with Crippen molar-refractivity contribution in [1.29, 1.82) is 0 Å². The van der Waals surface area contributed by atoms with Crippen molar-refractivity contribution in [2.75, 3.05) is 18.2 Å². The monoisotopic (exact) mass is 410 g/mol. The number of aliphatic imine (C=N–C) groups is 1. The molecule has 1 aliphatic rings. The van der Waals surface area contributed by atoms with Crippen molar-refractivity contribution < 1.29 is 9.84 Å². The molecule has 1 N–H and O–H groups in total. The average molecular weight is 411 g/mol. The molecule has 156 valence electrons. The van der Waals surface area contributed by atoms with Crippen LogP contribution in [0.15, 0.2) is 71.7 Å². The molecule has 0 saturated heterocycles. The summed E-state index contributed by atoms with van der Waals surface area (Å²) in [7, 11) is 0. The number of ether oxygens (including phenoxy) is 1. The summed E-state index contributed by atoms with van der Waals surface area (Å²) in [5.41, 5.74) is 6.58. The molecule has 3 aromatic carbocycles. The fourth-order valence-corrected chi connectivity index (χ4v) is 3.74. The predicted molar refractivity (Wildman–Crippen MR) is 126 cm³/mol. The number of phenols is 1. The lowest BCUT2D eigenvalue weighted by atomic mass is 9.95. The second-order valence-electron chi connectivity index (χ2n) is 7.96. The van der Waals surface area contributed by atoms with Crippen LogP contribution in [0.3, 0.4) is 0 Å². The summed E-state index contributed by atoms with van der Waals surface area (Å²) in [6, 6.07) is 21.9. The Kier molecular flexibility index (Phi) is 5.95. The Morgan fingerprint density at radius 2 is 1.81 bits per heavy atom. The number of anilines is 1. The van der Waals surface area contributed by atoms with E-state index < -0.39 is 0 Å². The van der Waals surface area contributed by atoms with Gasteiger partial charge in [0.15, 0.2) is 0 Å². The summed E-state index contributed by atoms with van der Waals surface area (Å²) in [5, 5.41) is 9.57. The highest BCUT2D eigenvalue weighted by Crippen LogP contribution is 2.33. The van der Waals surface area contributed by atoms with Crippen LogP contribution in [0.25, 0.3) is 0 Å². The van der Waals surface area contributed by atoms with Crippen molar-refractivity contribution in [2.24, 2.45) is 4.99 Å². The maximum Gasteiger partial charge on any atom is 0.148 e. The standard InChI is InChI=1S/C27H26N2O2/c1-4-15-31-24-13-14-26-25(16-24)27(22-9-7-21(8-10-22)19(2)3)28-18-29(26)17-20-5-11-23(30)12-6-20/h1,5-14,16,19,30H,15,17-18H2,2-3H3. The van der Waals surface area contributed by atoms with E-state index in [1.54, 1.807) is 12.1 Å². The molecule has 4 rings (SSSR count). The van der Waals surface area contributed by atoms with E-state index in [1.807, 2.05) is 24.3 Å². The summed E-state index contributed by atoms with van der Waals surface area (Å²) in [6.07, 6.45) is 5.36. The van der Waals surface area contributed by atoms with Crippen LogP contribution in [0, 0.1) is 12.3 Å². The molecule has 3 aromatic rings. The molecule has 0 radical (unpaired) electrons. The maximum atomic E-state index is 9.57. The molecule has 0 atom stereocenters. The average Bonchev–Trinajstić information content (AvgIpc) is 2.79. The van der Waals surface area contributed by atoms with Crippen molar-refractivity contribution >= 4 is 11.4 Å². The summed E-state index contributed by atoms with van der Waals surface area (Å²) in [5.74, 6) is 4.00. The zero-order valence-electron chi connectivity index (χ0n) is 17.9. The fraction of sp³-hybridized carbons (Fsp3) is 0.222. The Hall–Kier alpha value is -3.71. The molecule has 0 spiro atoms. The van der Waals surface area contributed by atoms with Crippen LogP contribution in [0.5, 0.6) is 11.5 Å². The van der Waals surface area contributed by atoms with Gasteiger partial charge in [-0.15, -0.1) is 6.42 Å². The minimum absolute atomic E-state index is 0.228. The van der Waals surface area contributed by atoms with Crippen molar-refractivity contribution in [3.63, 3.8) is 0 Å². The van der Waals surface area contributed by atoms with Gasteiger partial charge in [-0.2, -0.15) is 0 Å². The lowest BCUT2D eigenvalue weighted by Gasteiger charge is -2.31. The van der Waals surface area contributed by atoms with Crippen LogP contribution in [0.2, 0.25) is 0 Å². The van der Waals surface area contributed by atoms with Crippen molar-refractivity contribution in [2.45, 2.75) is 26.3 Å². The molecule has 4 nitrogen and oxygen atoms in total. The van der Waals surface area contributed by atoms with Crippen molar-refractivity contribution in [3.8, 4) is 23.8 Å². The molecule has 31 heavy (non-hydrogen) atoms. The summed E-state index contributed by atoms with van der Waals surface area (Å²) in [6.45, 7) is 5.86. The first kappa shape index (κ1) is 20.6. The number of hydrogen-bond donors (Lipinski definition) is 1. The minimum atomic E-state index is 0.228. The second kappa shape index (κ2) is 8.97. The number of aromatic hydroxyl groups is 1. The molecule has 1 aliphatic heterocycles. The van der Waals surface area contributed by atoms with Gasteiger partial charge in [0.1, 0.15) is 24.8 Å². The Bertz CT molecular complexity index is 1120. The van der Waals surface area contributed by atoms with E-state index in [4.69, 9.17) is 16.2 Å². The number of hydrogen-bond acceptors (Lipinski definition) is 4. The van der Waals surface area contributed by atoms with Gasteiger partial charge in [-0.25, -0.2) is 0 Å². The first-order valence-electron chi connectivity index (χ1n) is 10.4. The van der Waals surface area contributed by atoms with Gasteiger partial charge in [-0.1, -0.05) is 56.2 Å². The highest BCUT2D eigenvalue weighted by Gasteiger charge is 2.22. The van der Waals surface area contributed by atoms with Gasteiger partial charge in [0, 0.05) is 23.4 Å². The lowest BCUT2D eigenvalue weighted by Crippen LogP contribution is -2.29. The minimum Gasteiger partial charge on any atom is -0.508 e. The van der Waals surface area contributed by atoms with Gasteiger partial charge >= 0.3 is 0 Å². The SMILES string of the molecule is C#CCOc1ccc2c(c1)C(c1ccc(C(C)C)cc1)=NCN2Cc1ccc(O)cc1. The lowest BCUT2D eigenvalue weighted by molar-refractivity contribution is 0.370. The fourth-order valence-electron chi connectivity index (χ4n) is 3.74. The Morgan fingerprint density at radius 1 is 1.06 bits per heavy atom. The number of terminal acetylenes is 1. The van der Waals surface area contributed by atoms with E-state index in [0.717, 1.165) is 33.8 Å². The second-order valence-corrected chi connectivity index (χ2v) is 7.96. The molecular formula is C27H26N2O2. The van der Waals surface area contributed by atoms with Gasteiger partial charge in [-0.05, 0) is 47.4 Å². The molecular weight excluding hydrogens is 384 g/mol. The van der Waals surface area contributed by atoms with Crippen LogP contribution in [0.1, 0.15) is 42.0 Å². The van der Waals surface area contributed by atoms with Gasteiger partial charge in [0.2, 0.25) is 0 Å². The molecule has 0 unspecified atom stereocenters. The van der Waals surface area contributed by atoms with Gasteiger partial charge in [0.25, 0.3) is 0 Å². The largest absolute Gasteiger partial charge is 0.508 e. The predicted octanol–water partition coefficient (Wildman–Crippen LogP) is 5.34. The number of fused-ring (bicyclic) bond motifs is 1. The van der Waals surface area contributed by atoms with E-state index in [0.29, 0.717) is 19.1 Å². The molecule has 4 heteroatoms. The van der Waals surface area contributed by atoms with E-state index >= 15 is 0 Å². The normalized spacial score (nSPS) is 12.8. The third-order valence-corrected chi connectivity index (χ3v) is 5.45. The first-order chi connectivity index (χ1) is 15.0. The highest BCUT2D eigenvalue weighted by atomic mass is 16.5. The molecule has 1 heterocycles. The van der Waals surface area contributed by atoms with Crippen molar-refractivity contribution in [1.82, 2.24) is 0 Å². The third kappa shape index (κ3) is 4.57. The number of phenolic OH excluding ortho intramolecular Hbond substituents is 1. The van der Waals surface area contributed by atoms with E-state index in [1.165, 1.54) is 5.56 Å². The third-order valence-electron chi connectivity index (χ3n) is 5.45. The van der Waals surface area contributed by atoms with Crippen LogP contribution in [0.4, 0.5) is 5.69 Å². The smallest absolute Gasteiger partial charge is 0.148 e. The topological polar surface area (TPSA) is 45.1 Å². The van der Waals surface area contributed by atoms with Crippen LogP contribution < -0.4 is 9.64 Å². The quantitative estimate of drug-likeness (QED) is 0.558. The first-order valence-corrected chi connectivity index (χ1v) is 10.4. The van der Waals surface area contributed by atoms with Crippen LogP contribution in [-0.2, 0) is 6.54 Å². The van der Waals surface area contributed by atoms with Crippen LogP contribution in [-0.4, -0.2) is 24.1 Å². The van der Waals surface area contributed by atoms with E-state index in [2.05, 4.69) is 55.0 Å². The van der Waals surface area contributed by atoms with Gasteiger partial charge < -0.3 is 14.7 Å². The Morgan fingerprint density at radius 3 is 2.48 bits per heavy atom. The molecule has 0 bridgehead atoms. The zero-order chi connectivity index (χ0) is 21.8. The molecule has 0 fully saturated rings. The summed E-state index contributed by atoms with van der Waals surface area (Å²) in [4.78, 5) is 7.15. The number of benzene rings is 3. The zero-order valence-corrected chi connectivity index (χ0v) is 17.9. The van der Waals surface area contributed by atoms with Crippen LogP contribution >= 0.6 is 0 Å². The maximum absolute atomic E-state index is 9.57. The van der Waals surface area contributed by atoms with E-state index in [9.17, 15) is 5.11 Å². The number of rotatable bonds is 6. The summed E-state index contributed by atoms with van der Waals surface area (Å²) >= 11 is 0. The van der Waals surface area contributed by atoms with Gasteiger partial charge in [-0.3, -0.25) is 4.99 Å².